The first-order valence-corrected chi connectivity index (χ1v) is 8.00. The lowest BCUT2D eigenvalue weighted by Crippen LogP contribution is -2.46. The van der Waals surface area contributed by atoms with Crippen LogP contribution in [0.1, 0.15) is 29.0 Å². The molecule has 2 amide bonds. The van der Waals surface area contributed by atoms with Gasteiger partial charge in [-0.3, -0.25) is 9.59 Å². The fourth-order valence-electron chi connectivity index (χ4n) is 3.07. The van der Waals surface area contributed by atoms with Gasteiger partial charge in [-0.15, -0.1) is 0 Å². The standard InChI is InChI=1S/C18H21N3O3/c1-12(20-17(22)16-8-5-9-24-16)18(23)21-10-14(15(19)11-21)13-6-3-2-4-7-13/h2-9,12,14-15H,10-11,19H2,1H3,(H,20,22)/t12?,14-,15+/m0/s1. The molecule has 1 unspecified atom stereocenters. The van der Waals surface area contributed by atoms with Crippen molar-refractivity contribution in [2.24, 2.45) is 5.73 Å². The molecule has 1 aromatic carbocycles. The summed E-state index contributed by atoms with van der Waals surface area (Å²) in [7, 11) is 0. The summed E-state index contributed by atoms with van der Waals surface area (Å²) in [6.45, 7) is 2.72. The summed E-state index contributed by atoms with van der Waals surface area (Å²) in [6, 6.07) is 12.4. The van der Waals surface area contributed by atoms with E-state index in [1.165, 1.54) is 6.26 Å². The van der Waals surface area contributed by atoms with Crippen LogP contribution in [0, 0.1) is 0 Å². The zero-order valence-electron chi connectivity index (χ0n) is 13.5. The number of nitrogens with zero attached hydrogens (tertiary/aromatic N) is 1. The average Bonchev–Trinajstić information content (AvgIpc) is 3.24. The Kier molecular flexibility index (Phi) is 4.66. The van der Waals surface area contributed by atoms with Crippen LogP contribution < -0.4 is 11.1 Å². The minimum Gasteiger partial charge on any atom is -0.459 e. The van der Waals surface area contributed by atoms with Gasteiger partial charge in [-0.05, 0) is 24.6 Å². The molecule has 0 radical (unpaired) electrons. The molecule has 1 aliphatic rings. The molecule has 126 valence electrons. The van der Waals surface area contributed by atoms with Crippen LogP contribution in [-0.2, 0) is 4.79 Å². The molecular weight excluding hydrogens is 306 g/mol. The maximum absolute atomic E-state index is 12.6. The van der Waals surface area contributed by atoms with Gasteiger partial charge in [-0.25, -0.2) is 0 Å². The van der Waals surface area contributed by atoms with Crippen molar-refractivity contribution in [3.63, 3.8) is 0 Å². The van der Waals surface area contributed by atoms with Crippen molar-refractivity contribution in [3.8, 4) is 0 Å². The van der Waals surface area contributed by atoms with Gasteiger partial charge in [0.15, 0.2) is 5.76 Å². The summed E-state index contributed by atoms with van der Waals surface area (Å²) in [6.07, 6.45) is 1.42. The van der Waals surface area contributed by atoms with Gasteiger partial charge in [0.05, 0.1) is 6.26 Å². The zero-order valence-corrected chi connectivity index (χ0v) is 13.5. The van der Waals surface area contributed by atoms with E-state index < -0.39 is 11.9 Å². The molecule has 24 heavy (non-hydrogen) atoms. The molecule has 2 aromatic rings. The minimum atomic E-state index is -0.635. The molecule has 1 saturated heterocycles. The summed E-state index contributed by atoms with van der Waals surface area (Å²) >= 11 is 0. The Morgan fingerprint density at radius 1 is 1.21 bits per heavy atom. The Hall–Kier alpha value is -2.60. The van der Waals surface area contributed by atoms with Crippen molar-refractivity contribution in [1.29, 1.82) is 0 Å². The Balaban J connectivity index is 1.62. The predicted molar refractivity (Wildman–Crippen MR) is 89.4 cm³/mol. The van der Waals surface area contributed by atoms with Gasteiger partial charge in [0.25, 0.3) is 5.91 Å². The molecule has 0 bridgehead atoms. The summed E-state index contributed by atoms with van der Waals surface area (Å²) in [4.78, 5) is 26.3. The fourth-order valence-corrected chi connectivity index (χ4v) is 3.07. The van der Waals surface area contributed by atoms with Crippen LogP contribution >= 0.6 is 0 Å². The molecule has 1 aliphatic heterocycles. The second kappa shape index (κ2) is 6.88. The number of hydrogen-bond donors (Lipinski definition) is 2. The third-order valence-corrected chi connectivity index (χ3v) is 4.37. The number of likely N-dealkylation sites (tertiary alicyclic amines) is 1. The van der Waals surface area contributed by atoms with E-state index in [2.05, 4.69) is 5.32 Å². The van der Waals surface area contributed by atoms with Crippen molar-refractivity contribution in [1.82, 2.24) is 10.2 Å². The van der Waals surface area contributed by atoms with Gasteiger partial charge in [0.1, 0.15) is 6.04 Å². The highest BCUT2D eigenvalue weighted by Crippen LogP contribution is 2.26. The van der Waals surface area contributed by atoms with Crippen molar-refractivity contribution in [2.45, 2.75) is 24.9 Å². The highest BCUT2D eigenvalue weighted by atomic mass is 16.3. The number of benzene rings is 1. The smallest absolute Gasteiger partial charge is 0.287 e. The van der Waals surface area contributed by atoms with Crippen molar-refractivity contribution >= 4 is 11.8 Å². The number of carbonyl (C=O) groups excluding carboxylic acids is 2. The first kappa shape index (κ1) is 16.3. The van der Waals surface area contributed by atoms with E-state index in [-0.39, 0.29) is 23.6 Å². The van der Waals surface area contributed by atoms with Gasteiger partial charge < -0.3 is 20.4 Å². The molecule has 3 N–H and O–H groups in total. The monoisotopic (exact) mass is 327 g/mol. The third-order valence-electron chi connectivity index (χ3n) is 4.37. The highest BCUT2D eigenvalue weighted by Gasteiger charge is 2.35. The largest absolute Gasteiger partial charge is 0.459 e. The number of furan rings is 1. The number of rotatable bonds is 4. The van der Waals surface area contributed by atoms with Crippen LogP contribution in [0.2, 0.25) is 0 Å². The number of nitrogens with two attached hydrogens (primary N) is 1. The lowest BCUT2D eigenvalue weighted by Gasteiger charge is -2.21. The third kappa shape index (κ3) is 3.33. The van der Waals surface area contributed by atoms with Crippen molar-refractivity contribution in [2.75, 3.05) is 13.1 Å². The Morgan fingerprint density at radius 3 is 2.62 bits per heavy atom. The van der Waals surface area contributed by atoms with Crippen molar-refractivity contribution < 1.29 is 14.0 Å². The molecule has 6 heteroatoms. The van der Waals surface area contributed by atoms with Crippen LogP contribution in [-0.4, -0.2) is 41.9 Å². The molecule has 3 rings (SSSR count). The average molecular weight is 327 g/mol. The van der Waals surface area contributed by atoms with Gasteiger partial charge in [-0.1, -0.05) is 30.3 Å². The summed E-state index contributed by atoms with van der Waals surface area (Å²) < 4.78 is 5.04. The minimum absolute atomic E-state index is 0.107. The summed E-state index contributed by atoms with van der Waals surface area (Å²) in [5.41, 5.74) is 7.35. The molecule has 0 saturated carbocycles. The molecule has 2 heterocycles. The first-order chi connectivity index (χ1) is 11.6. The summed E-state index contributed by atoms with van der Waals surface area (Å²) in [5.74, 6) is -0.231. The zero-order chi connectivity index (χ0) is 17.1. The first-order valence-electron chi connectivity index (χ1n) is 8.00. The number of amides is 2. The highest BCUT2D eigenvalue weighted by molar-refractivity contribution is 5.95. The quantitative estimate of drug-likeness (QED) is 0.887. The summed E-state index contributed by atoms with van der Waals surface area (Å²) in [5, 5.41) is 2.66. The predicted octanol–water partition coefficient (Wildman–Crippen LogP) is 1.35. The lowest BCUT2D eigenvalue weighted by molar-refractivity contribution is -0.131. The van der Waals surface area contributed by atoms with Crippen LogP contribution in [0.25, 0.3) is 0 Å². The Labute approximate surface area is 140 Å². The SMILES string of the molecule is CC(NC(=O)c1ccco1)C(=O)N1C[C@@H](N)[C@H](c2ccccc2)C1. The lowest BCUT2D eigenvalue weighted by atomic mass is 9.95. The molecule has 6 nitrogen and oxygen atoms in total. The van der Waals surface area contributed by atoms with E-state index in [9.17, 15) is 9.59 Å². The Bertz CT molecular complexity index is 700. The van der Waals surface area contributed by atoms with Crippen LogP contribution in [0.3, 0.4) is 0 Å². The van der Waals surface area contributed by atoms with Crippen LogP contribution in [0.5, 0.6) is 0 Å². The van der Waals surface area contributed by atoms with Crippen molar-refractivity contribution in [3.05, 3.63) is 60.1 Å². The normalized spacial score (nSPS) is 21.5. The number of hydrogen-bond acceptors (Lipinski definition) is 4. The van der Waals surface area contributed by atoms with Crippen LogP contribution in [0.4, 0.5) is 0 Å². The Morgan fingerprint density at radius 2 is 1.96 bits per heavy atom. The van der Waals surface area contributed by atoms with Gasteiger partial charge in [0.2, 0.25) is 5.91 Å². The van der Waals surface area contributed by atoms with Gasteiger partial charge >= 0.3 is 0 Å². The van der Waals surface area contributed by atoms with E-state index in [1.807, 2.05) is 30.3 Å². The van der Waals surface area contributed by atoms with E-state index in [0.29, 0.717) is 13.1 Å². The van der Waals surface area contributed by atoms with Gasteiger partial charge in [-0.2, -0.15) is 0 Å². The topological polar surface area (TPSA) is 88.6 Å². The maximum Gasteiger partial charge on any atom is 0.287 e. The van der Waals surface area contributed by atoms with Crippen LogP contribution in [0.15, 0.2) is 53.1 Å². The molecule has 0 spiro atoms. The molecular formula is C18H21N3O3. The molecule has 1 fully saturated rings. The maximum atomic E-state index is 12.6. The van der Waals surface area contributed by atoms with Gasteiger partial charge in [0, 0.05) is 25.0 Å². The number of nitrogens with one attached hydrogen (secondary N) is 1. The molecule has 1 aromatic heterocycles. The second-order valence-corrected chi connectivity index (χ2v) is 6.10. The molecule has 3 atom stereocenters. The van der Waals surface area contributed by atoms with E-state index in [0.717, 1.165) is 5.56 Å². The molecule has 0 aliphatic carbocycles. The number of carbonyl (C=O) groups is 2. The second-order valence-electron chi connectivity index (χ2n) is 6.10. The fraction of sp³-hybridized carbons (Fsp3) is 0.333. The van der Waals surface area contributed by atoms with E-state index in [1.54, 1.807) is 24.0 Å². The van der Waals surface area contributed by atoms with E-state index >= 15 is 0 Å². The van der Waals surface area contributed by atoms with E-state index in [4.69, 9.17) is 10.2 Å².